The Labute approximate surface area is 151 Å². The standard InChI is InChI=1S/C17H24N6O3/c1-25-13-4-3-12(14(9-13)26-2)10-19-15(24)11-5-7-23(8-6-11)17-20-16(18)21-22-17/h3-4,9,11H,5-8,10H2,1-2H3,(H,19,24)(H3,18,20,21,22). The maximum absolute atomic E-state index is 12.5. The van der Waals surface area contributed by atoms with Gasteiger partial charge in [-0.2, -0.15) is 4.98 Å². The van der Waals surface area contributed by atoms with Gasteiger partial charge >= 0.3 is 0 Å². The molecule has 2 heterocycles. The second-order valence-electron chi connectivity index (χ2n) is 6.18. The number of aromatic amines is 1. The summed E-state index contributed by atoms with van der Waals surface area (Å²) in [5.74, 6) is 2.33. The average molecular weight is 360 g/mol. The highest BCUT2D eigenvalue weighted by atomic mass is 16.5. The van der Waals surface area contributed by atoms with Gasteiger partial charge in [0.1, 0.15) is 11.5 Å². The summed E-state index contributed by atoms with van der Waals surface area (Å²) in [5, 5.41) is 9.69. The van der Waals surface area contributed by atoms with Gasteiger partial charge in [0.15, 0.2) is 0 Å². The van der Waals surface area contributed by atoms with Crippen LogP contribution in [0.15, 0.2) is 18.2 Å². The quantitative estimate of drug-likeness (QED) is 0.701. The second kappa shape index (κ2) is 7.94. The molecule has 0 unspecified atom stereocenters. The molecule has 2 aromatic rings. The number of hydrogen-bond donors (Lipinski definition) is 3. The van der Waals surface area contributed by atoms with Gasteiger partial charge in [0, 0.05) is 37.2 Å². The molecule has 9 heteroatoms. The Morgan fingerprint density at radius 2 is 2.12 bits per heavy atom. The third-order valence-electron chi connectivity index (χ3n) is 4.59. The molecule has 1 fully saturated rings. The molecule has 140 valence electrons. The van der Waals surface area contributed by atoms with Gasteiger partial charge in [0.05, 0.1) is 14.2 Å². The van der Waals surface area contributed by atoms with Gasteiger partial charge < -0.3 is 25.4 Å². The monoisotopic (exact) mass is 360 g/mol. The Morgan fingerprint density at radius 3 is 2.73 bits per heavy atom. The van der Waals surface area contributed by atoms with Gasteiger partial charge in [-0.1, -0.05) is 0 Å². The first-order valence-electron chi connectivity index (χ1n) is 8.52. The normalized spacial score (nSPS) is 14.9. The van der Waals surface area contributed by atoms with Gasteiger partial charge in [0.2, 0.25) is 17.8 Å². The van der Waals surface area contributed by atoms with Gasteiger partial charge in [-0.25, -0.2) is 5.10 Å². The first-order valence-corrected chi connectivity index (χ1v) is 8.52. The van der Waals surface area contributed by atoms with Crippen molar-refractivity contribution in [1.29, 1.82) is 0 Å². The number of nitrogens with one attached hydrogen (secondary N) is 2. The Bertz CT molecular complexity index is 755. The number of benzene rings is 1. The van der Waals surface area contributed by atoms with Crippen LogP contribution in [0.4, 0.5) is 11.9 Å². The van der Waals surface area contributed by atoms with E-state index in [1.807, 2.05) is 23.1 Å². The molecule has 3 rings (SSSR count). The van der Waals surface area contributed by atoms with Crippen LogP contribution in [-0.4, -0.2) is 48.4 Å². The molecule has 9 nitrogen and oxygen atoms in total. The predicted octanol–water partition coefficient (Wildman–Crippen LogP) is 0.937. The number of nitrogens with zero attached hydrogens (tertiary/aromatic N) is 3. The fraction of sp³-hybridized carbons (Fsp3) is 0.471. The van der Waals surface area contributed by atoms with E-state index in [0.717, 1.165) is 37.2 Å². The summed E-state index contributed by atoms with van der Waals surface area (Å²) in [7, 11) is 3.21. The number of piperidine rings is 1. The Kier molecular flexibility index (Phi) is 5.45. The lowest BCUT2D eigenvalue weighted by Crippen LogP contribution is -2.40. The van der Waals surface area contributed by atoms with E-state index < -0.39 is 0 Å². The highest BCUT2D eigenvalue weighted by Gasteiger charge is 2.26. The minimum absolute atomic E-state index is 0.0215. The summed E-state index contributed by atoms with van der Waals surface area (Å²) >= 11 is 0. The smallest absolute Gasteiger partial charge is 0.246 e. The molecule has 1 aromatic carbocycles. The van der Waals surface area contributed by atoms with Crippen molar-refractivity contribution in [2.45, 2.75) is 19.4 Å². The van der Waals surface area contributed by atoms with Gasteiger partial charge in [-0.3, -0.25) is 4.79 Å². The van der Waals surface area contributed by atoms with Crippen molar-refractivity contribution in [3.8, 4) is 11.5 Å². The van der Waals surface area contributed by atoms with Crippen molar-refractivity contribution in [1.82, 2.24) is 20.5 Å². The minimum atomic E-state index is -0.0215. The van der Waals surface area contributed by atoms with Crippen molar-refractivity contribution < 1.29 is 14.3 Å². The van der Waals surface area contributed by atoms with E-state index in [4.69, 9.17) is 15.2 Å². The zero-order valence-electron chi connectivity index (χ0n) is 15.0. The zero-order chi connectivity index (χ0) is 18.5. The maximum atomic E-state index is 12.5. The fourth-order valence-corrected chi connectivity index (χ4v) is 3.07. The van der Waals surface area contributed by atoms with Crippen molar-refractivity contribution in [3.63, 3.8) is 0 Å². The molecule has 1 aliphatic heterocycles. The number of aromatic nitrogens is 3. The Morgan fingerprint density at radius 1 is 1.35 bits per heavy atom. The van der Waals surface area contributed by atoms with Crippen LogP contribution < -0.4 is 25.4 Å². The molecular weight excluding hydrogens is 336 g/mol. The van der Waals surface area contributed by atoms with E-state index >= 15 is 0 Å². The van der Waals surface area contributed by atoms with E-state index in [1.54, 1.807) is 14.2 Å². The lowest BCUT2D eigenvalue weighted by molar-refractivity contribution is -0.125. The zero-order valence-corrected chi connectivity index (χ0v) is 15.0. The molecular formula is C17H24N6O3. The predicted molar refractivity (Wildman–Crippen MR) is 97.1 cm³/mol. The third-order valence-corrected chi connectivity index (χ3v) is 4.59. The molecule has 1 aromatic heterocycles. The van der Waals surface area contributed by atoms with Crippen LogP contribution in [0.1, 0.15) is 18.4 Å². The van der Waals surface area contributed by atoms with E-state index in [0.29, 0.717) is 24.2 Å². The molecule has 1 saturated heterocycles. The summed E-state index contributed by atoms with van der Waals surface area (Å²) in [4.78, 5) is 18.6. The molecule has 1 aliphatic rings. The SMILES string of the molecule is COc1ccc(CNC(=O)C2CCN(c3n[nH]c(N)n3)CC2)c(OC)c1. The molecule has 0 bridgehead atoms. The van der Waals surface area contributed by atoms with E-state index in [-0.39, 0.29) is 11.8 Å². The van der Waals surface area contributed by atoms with Gasteiger partial charge in [-0.05, 0) is 25.0 Å². The van der Waals surface area contributed by atoms with Crippen molar-refractivity contribution in [2.75, 3.05) is 37.9 Å². The van der Waals surface area contributed by atoms with Gasteiger partial charge in [0.25, 0.3) is 0 Å². The minimum Gasteiger partial charge on any atom is -0.497 e. The summed E-state index contributed by atoms with van der Waals surface area (Å²) in [6, 6.07) is 5.56. The molecule has 0 saturated carbocycles. The van der Waals surface area contributed by atoms with Crippen LogP contribution in [0.3, 0.4) is 0 Å². The molecule has 0 radical (unpaired) electrons. The number of H-pyrrole nitrogens is 1. The van der Waals surface area contributed by atoms with E-state index in [2.05, 4.69) is 20.5 Å². The lowest BCUT2D eigenvalue weighted by Gasteiger charge is -2.30. The number of amides is 1. The molecule has 26 heavy (non-hydrogen) atoms. The van der Waals surface area contributed by atoms with Crippen molar-refractivity contribution in [3.05, 3.63) is 23.8 Å². The van der Waals surface area contributed by atoms with Crippen molar-refractivity contribution in [2.24, 2.45) is 5.92 Å². The summed E-state index contributed by atoms with van der Waals surface area (Å²) < 4.78 is 10.6. The topological polar surface area (TPSA) is 118 Å². The number of nitrogen functional groups attached to an aromatic ring is 1. The van der Waals surface area contributed by atoms with Crippen LogP contribution >= 0.6 is 0 Å². The number of carbonyl (C=O) groups is 1. The van der Waals surface area contributed by atoms with Gasteiger partial charge in [-0.15, -0.1) is 5.10 Å². The van der Waals surface area contributed by atoms with Crippen LogP contribution in [0.25, 0.3) is 0 Å². The Balaban J connectivity index is 1.52. The first-order chi connectivity index (χ1) is 12.6. The number of ether oxygens (including phenoxy) is 2. The number of rotatable bonds is 6. The summed E-state index contributed by atoms with van der Waals surface area (Å²) in [5.41, 5.74) is 6.47. The second-order valence-corrected chi connectivity index (χ2v) is 6.18. The number of anilines is 2. The first kappa shape index (κ1) is 17.8. The molecule has 1 amide bonds. The lowest BCUT2D eigenvalue weighted by atomic mass is 9.96. The van der Waals surface area contributed by atoms with Crippen LogP contribution in [0, 0.1) is 5.92 Å². The molecule has 4 N–H and O–H groups in total. The summed E-state index contributed by atoms with van der Waals surface area (Å²) in [6.45, 7) is 1.87. The number of hydrogen-bond acceptors (Lipinski definition) is 7. The number of nitrogens with two attached hydrogens (primary N) is 1. The molecule has 0 atom stereocenters. The largest absolute Gasteiger partial charge is 0.497 e. The molecule has 0 aliphatic carbocycles. The highest BCUT2D eigenvalue weighted by Crippen LogP contribution is 2.25. The third kappa shape index (κ3) is 3.98. The van der Waals surface area contributed by atoms with E-state index in [1.165, 1.54) is 0 Å². The van der Waals surface area contributed by atoms with E-state index in [9.17, 15) is 4.79 Å². The number of carbonyl (C=O) groups excluding carboxylic acids is 1. The van der Waals surface area contributed by atoms with Crippen LogP contribution in [0.2, 0.25) is 0 Å². The van der Waals surface area contributed by atoms with Crippen LogP contribution in [0.5, 0.6) is 11.5 Å². The highest BCUT2D eigenvalue weighted by molar-refractivity contribution is 5.79. The average Bonchev–Trinajstić information content (AvgIpc) is 3.12. The van der Waals surface area contributed by atoms with Crippen LogP contribution in [-0.2, 0) is 11.3 Å². The maximum Gasteiger partial charge on any atom is 0.246 e. The number of methoxy groups -OCH3 is 2. The fourth-order valence-electron chi connectivity index (χ4n) is 3.07. The summed E-state index contributed by atoms with van der Waals surface area (Å²) in [6.07, 6.45) is 1.50. The Hall–Kier alpha value is -2.97. The molecule has 0 spiro atoms. The van der Waals surface area contributed by atoms with Crippen molar-refractivity contribution >= 4 is 17.8 Å².